The summed E-state index contributed by atoms with van der Waals surface area (Å²) in [7, 11) is -2.33. The van der Waals surface area contributed by atoms with Crippen molar-refractivity contribution in [3.63, 3.8) is 0 Å². The summed E-state index contributed by atoms with van der Waals surface area (Å²) in [6.07, 6.45) is 31.5. The molecule has 0 bridgehead atoms. The fraction of sp³-hybridized carbons (Fsp3) is 0.961. The highest BCUT2D eigenvalue weighted by Gasteiger charge is 2.41. The van der Waals surface area contributed by atoms with Gasteiger partial charge in [0.15, 0.2) is 12.6 Å². The van der Waals surface area contributed by atoms with Gasteiger partial charge in [-0.25, -0.2) is 9.37 Å². The van der Waals surface area contributed by atoms with Gasteiger partial charge in [-0.15, -0.1) is 0 Å². The first-order valence-electron chi connectivity index (χ1n) is 25.9. The molecule has 2 atom stereocenters. The van der Waals surface area contributed by atoms with Crippen molar-refractivity contribution in [1.82, 2.24) is 0 Å². The molecule has 0 rings (SSSR count). The molecule has 0 aliphatic carbocycles. The van der Waals surface area contributed by atoms with Gasteiger partial charge >= 0.3 is 11.9 Å². The molecule has 0 aromatic carbocycles. The molecule has 10 heteroatoms. The van der Waals surface area contributed by atoms with Gasteiger partial charge in [-0.3, -0.25) is 4.79 Å². The Hall–Kier alpha value is -1.04. The van der Waals surface area contributed by atoms with Crippen LogP contribution in [0.5, 0.6) is 0 Å². The minimum Gasteiger partial charge on any atom is -0.481 e. The van der Waals surface area contributed by atoms with E-state index in [1.165, 1.54) is 103 Å². The molecule has 0 radical (unpaired) electrons. The van der Waals surface area contributed by atoms with E-state index in [-0.39, 0.29) is 11.0 Å². The van der Waals surface area contributed by atoms with Crippen LogP contribution in [0.2, 0.25) is 18.1 Å². The van der Waals surface area contributed by atoms with E-state index in [1.807, 2.05) is 0 Å². The third-order valence-electron chi connectivity index (χ3n) is 12.6. The Morgan fingerprint density at radius 2 is 0.754 bits per heavy atom. The first-order chi connectivity index (χ1) is 29.3. The van der Waals surface area contributed by atoms with Gasteiger partial charge in [0, 0.05) is 39.3 Å². The van der Waals surface area contributed by atoms with Crippen LogP contribution < -0.4 is 0 Å². The lowest BCUT2D eigenvalue weighted by Crippen LogP contribution is -2.42. The number of aliphatic carboxylic acids is 1. The molecule has 0 amide bonds. The van der Waals surface area contributed by atoms with Crippen LogP contribution in [0.25, 0.3) is 0 Å². The van der Waals surface area contributed by atoms with Gasteiger partial charge in [-0.1, -0.05) is 196 Å². The number of carbonyl (C=O) groups is 2. The van der Waals surface area contributed by atoms with Gasteiger partial charge in [0.1, 0.15) is 0 Å². The van der Waals surface area contributed by atoms with E-state index >= 15 is 0 Å². The molecule has 364 valence electrons. The summed E-state index contributed by atoms with van der Waals surface area (Å²) in [6, 6.07) is 0. The molecule has 0 fully saturated rings. The molecule has 0 aliphatic heterocycles. The van der Waals surface area contributed by atoms with Crippen molar-refractivity contribution in [3.05, 3.63) is 0 Å². The first kappa shape index (κ1) is 60.0. The maximum absolute atomic E-state index is 13.8. The molecule has 1 N–H and O–H groups in total. The van der Waals surface area contributed by atoms with Crippen molar-refractivity contribution < 1.29 is 43.1 Å². The quantitative estimate of drug-likeness (QED) is 0.0210. The Kier molecular flexibility index (Phi) is 39.8. The van der Waals surface area contributed by atoms with Crippen molar-refractivity contribution >= 4 is 20.3 Å². The number of hydrogen-bond donors (Lipinski definition) is 1. The summed E-state index contributed by atoms with van der Waals surface area (Å²) in [4.78, 5) is 32.0. The lowest BCUT2D eigenvalue weighted by atomic mass is 9.94. The molecule has 0 saturated carbocycles. The van der Waals surface area contributed by atoms with Crippen LogP contribution >= 0.6 is 0 Å². The summed E-state index contributed by atoms with van der Waals surface area (Å²) in [5.41, 5.74) is 0. The van der Waals surface area contributed by atoms with Crippen molar-refractivity contribution in [3.8, 4) is 0 Å². The maximum atomic E-state index is 13.8. The molecule has 0 aromatic rings. The molecular formula is C51H102O9Si. The zero-order valence-electron chi connectivity index (χ0n) is 41.8. The van der Waals surface area contributed by atoms with Gasteiger partial charge in [0.25, 0.3) is 8.32 Å². The van der Waals surface area contributed by atoms with Gasteiger partial charge < -0.3 is 28.9 Å². The Bertz CT molecular complexity index is 952. The Labute approximate surface area is 378 Å². The van der Waals surface area contributed by atoms with E-state index in [2.05, 4.69) is 61.6 Å². The fourth-order valence-corrected chi connectivity index (χ4v) is 7.73. The molecule has 0 aliphatic rings. The second-order valence-electron chi connectivity index (χ2n) is 19.5. The summed E-state index contributed by atoms with van der Waals surface area (Å²) < 4.78 is 31.1. The van der Waals surface area contributed by atoms with Crippen LogP contribution in [0, 0.1) is 11.8 Å². The highest BCUT2D eigenvalue weighted by Crippen LogP contribution is 2.37. The van der Waals surface area contributed by atoms with Gasteiger partial charge in [-0.05, 0) is 56.7 Å². The predicted octanol–water partition coefficient (Wildman–Crippen LogP) is 15.7. The van der Waals surface area contributed by atoms with Crippen LogP contribution in [0.15, 0.2) is 0 Å². The molecule has 61 heavy (non-hydrogen) atoms. The van der Waals surface area contributed by atoms with Crippen LogP contribution in [0.4, 0.5) is 0 Å². The SMILES string of the molecule is CCCCCCCCOC(CC(CCCCCC(CC(OCCCCCCCC)OCCCCCCCC)C(=O)OO[Si](C)(C)C(C)(C)C)C(=O)O)OCCCCCCCC. The Morgan fingerprint density at radius 1 is 0.459 bits per heavy atom. The Balaban J connectivity index is 5.58. The van der Waals surface area contributed by atoms with Gasteiger partial charge in [0.05, 0.1) is 11.8 Å². The lowest BCUT2D eigenvalue weighted by molar-refractivity contribution is -0.231. The molecular weight excluding hydrogens is 785 g/mol. The molecule has 9 nitrogen and oxygen atoms in total. The monoisotopic (exact) mass is 887 g/mol. The highest BCUT2D eigenvalue weighted by molar-refractivity contribution is 6.73. The smallest absolute Gasteiger partial charge is 0.344 e. The second kappa shape index (κ2) is 40.5. The zero-order chi connectivity index (χ0) is 45.5. The van der Waals surface area contributed by atoms with Gasteiger partial charge in [-0.2, -0.15) is 0 Å². The number of hydrogen-bond acceptors (Lipinski definition) is 8. The van der Waals surface area contributed by atoms with Crippen LogP contribution in [-0.4, -0.2) is 64.4 Å². The molecule has 0 spiro atoms. The molecule has 0 saturated heterocycles. The number of carbonyl (C=O) groups excluding carboxylic acids is 1. The average molecular weight is 887 g/mol. The van der Waals surface area contributed by atoms with Crippen molar-refractivity contribution in [1.29, 1.82) is 0 Å². The maximum Gasteiger partial charge on any atom is 0.344 e. The summed E-state index contributed by atoms with van der Waals surface area (Å²) in [5.74, 6) is -2.16. The summed E-state index contributed by atoms with van der Waals surface area (Å²) in [5, 5.41) is 10.2. The van der Waals surface area contributed by atoms with E-state index in [0.29, 0.717) is 52.1 Å². The van der Waals surface area contributed by atoms with E-state index in [9.17, 15) is 14.7 Å². The Morgan fingerprint density at radius 3 is 1.08 bits per heavy atom. The minimum absolute atomic E-state index is 0.107. The van der Waals surface area contributed by atoms with E-state index in [1.54, 1.807) is 0 Å². The van der Waals surface area contributed by atoms with Crippen LogP contribution in [0.1, 0.15) is 248 Å². The predicted molar refractivity (Wildman–Crippen MR) is 256 cm³/mol. The normalized spacial score (nSPS) is 13.4. The number of rotatable bonds is 46. The largest absolute Gasteiger partial charge is 0.481 e. The van der Waals surface area contributed by atoms with Crippen molar-refractivity contribution in [2.45, 2.75) is 278 Å². The molecule has 0 aromatic heterocycles. The number of carboxylic acid groups (broad SMARTS) is 1. The van der Waals surface area contributed by atoms with Crippen LogP contribution in [-0.2, 0) is 38.0 Å². The van der Waals surface area contributed by atoms with Gasteiger partial charge in [0.2, 0.25) is 0 Å². The zero-order valence-corrected chi connectivity index (χ0v) is 42.8. The third kappa shape index (κ3) is 35.0. The molecule has 2 unspecified atom stereocenters. The van der Waals surface area contributed by atoms with Crippen LogP contribution in [0.3, 0.4) is 0 Å². The van der Waals surface area contributed by atoms with Crippen molar-refractivity contribution in [2.24, 2.45) is 11.8 Å². The molecule has 0 heterocycles. The first-order valence-corrected chi connectivity index (χ1v) is 28.8. The average Bonchev–Trinajstić information content (AvgIpc) is 3.22. The van der Waals surface area contributed by atoms with E-state index < -0.39 is 38.7 Å². The van der Waals surface area contributed by atoms with Crippen molar-refractivity contribution in [2.75, 3.05) is 26.4 Å². The number of ether oxygens (including phenoxy) is 4. The topological polar surface area (TPSA) is 110 Å². The lowest BCUT2D eigenvalue weighted by Gasteiger charge is -2.34. The van der Waals surface area contributed by atoms with E-state index in [0.717, 1.165) is 70.6 Å². The highest BCUT2D eigenvalue weighted by atomic mass is 28.4. The minimum atomic E-state index is -2.33. The fourth-order valence-electron chi connectivity index (χ4n) is 7.19. The van der Waals surface area contributed by atoms with E-state index in [4.69, 9.17) is 28.4 Å². The summed E-state index contributed by atoms with van der Waals surface area (Å²) >= 11 is 0. The third-order valence-corrected chi connectivity index (χ3v) is 16.7. The second-order valence-corrected chi connectivity index (χ2v) is 24.2. The summed E-state index contributed by atoms with van der Waals surface area (Å²) in [6.45, 7) is 21.9. The standard InChI is InChI=1S/C51H102O9Si/c1-10-14-18-22-26-33-39-55-47(56-40-34-27-23-19-15-11-2)43-45(49(52)53)37-31-30-32-38-46(50(54)59-60-61(8,9)51(5,6)7)44-48(57-41-35-28-24-20-16-12-3)58-42-36-29-25-21-17-13-4/h45-48H,10-44H2,1-9H3,(H,52,53). The number of unbranched alkanes of at least 4 members (excludes halogenated alkanes) is 22. The number of carboxylic acids is 1.